The van der Waals surface area contributed by atoms with E-state index in [1.807, 2.05) is 30.8 Å². The number of thiocarbonyl (C=S) groups is 1. The lowest BCUT2D eigenvalue weighted by molar-refractivity contribution is 0.586. The topological polar surface area (TPSA) is 59.7 Å². The Kier molecular flexibility index (Phi) is 5.62. The van der Waals surface area contributed by atoms with Gasteiger partial charge in [0.25, 0.3) is 0 Å². The molecule has 0 radical (unpaired) electrons. The number of nitrogens with zero attached hydrogens (tertiary/aromatic N) is 4. The van der Waals surface area contributed by atoms with Gasteiger partial charge in [0.15, 0.2) is 10.9 Å². The summed E-state index contributed by atoms with van der Waals surface area (Å²) in [4.78, 5) is 0. The van der Waals surface area contributed by atoms with Crippen LogP contribution in [0.2, 0.25) is 0 Å². The molecule has 0 aliphatic carbocycles. The SMILES string of the molecule is CCn1ccc(C(C)NC(=S)Nc2ccn(Cc3ccccc3F)n2)n1. The van der Waals surface area contributed by atoms with Crippen LogP contribution >= 0.6 is 12.2 Å². The van der Waals surface area contributed by atoms with Gasteiger partial charge >= 0.3 is 0 Å². The summed E-state index contributed by atoms with van der Waals surface area (Å²) in [6.45, 7) is 5.22. The maximum atomic E-state index is 13.7. The normalized spacial score (nSPS) is 12.0. The Morgan fingerprint density at radius 3 is 2.65 bits per heavy atom. The van der Waals surface area contributed by atoms with Crippen molar-refractivity contribution in [3.8, 4) is 0 Å². The second-order valence-corrected chi connectivity index (χ2v) is 6.31. The van der Waals surface area contributed by atoms with E-state index in [9.17, 15) is 4.39 Å². The predicted molar refractivity (Wildman–Crippen MR) is 103 cm³/mol. The Morgan fingerprint density at radius 2 is 1.92 bits per heavy atom. The highest BCUT2D eigenvalue weighted by molar-refractivity contribution is 7.80. The molecule has 0 aliphatic heterocycles. The maximum Gasteiger partial charge on any atom is 0.172 e. The van der Waals surface area contributed by atoms with Gasteiger partial charge < -0.3 is 10.6 Å². The molecule has 0 saturated carbocycles. The molecule has 0 saturated heterocycles. The first-order valence-electron chi connectivity index (χ1n) is 8.43. The summed E-state index contributed by atoms with van der Waals surface area (Å²) in [5.74, 6) is 0.361. The molecule has 3 rings (SSSR count). The molecule has 2 heterocycles. The minimum atomic E-state index is -0.241. The number of rotatable bonds is 6. The molecule has 26 heavy (non-hydrogen) atoms. The summed E-state index contributed by atoms with van der Waals surface area (Å²) in [6.07, 6.45) is 3.72. The highest BCUT2D eigenvalue weighted by Crippen LogP contribution is 2.12. The lowest BCUT2D eigenvalue weighted by Gasteiger charge is -2.14. The van der Waals surface area contributed by atoms with Crippen LogP contribution in [0, 0.1) is 5.82 Å². The first-order valence-corrected chi connectivity index (χ1v) is 8.83. The van der Waals surface area contributed by atoms with Crippen LogP contribution in [0.1, 0.15) is 31.1 Å². The van der Waals surface area contributed by atoms with E-state index < -0.39 is 0 Å². The number of halogens is 1. The van der Waals surface area contributed by atoms with Crippen LogP contribution in [0.25, 0.3) is 0 Å². The van der Waals surface area contributed by atoms with Crippen molar-refractivity contribution in [2.45, 2.75) is 33.0 Å². The van der Waals surface area contributed by atoms with E-state index in [2.05, 4.69) is 20.8 Å². The van der Waals surface area contributed by atoms with E-state index in [4.69, 9.17) is 12.2 Å². The third-order valence-electron chi connectivity index (χ3n) is 3.95. The molecule has 6 nitrogen and oxygen atoms in total. The summed E-state index contributed by atoms with van der Waals surface area (Å²) in [5.41, 5.74) is 1.50. The van der Waals surface area contributed by atoms with Crippen molar-refractivity contribution in [3.05, 3.63) is 65.9 Å². The minimum absolute atomic E-state index is 0.0247. The lowest BCUT2D eigenvalue weighted by atomic mass is 10.2. The van der Waals surface area contributed by atoms with Crippen molar-refractivity contribution in [1.29, 1.82) is 0 Å². The zero-order valence-electron chi connectivity index (χ0n) is 14.7. The number of hydrogen-bond donors (Lipinski definition) is 2. The number of hydrogen-bond acceptors (Lipinski definition) is 3. The van der Waals surface area contributed by atoms with Crippen molar-refractivity contribution < 1.29 is 4.39 Å². The predicted octanol–water partition coefficient (Wildman–Crippen LogP) is 3.33. The van der Waals surface area contributed by atoms with Gasteiger partial charge in [0.2, 0.25) is 0 Å². The van der Waals surface area contributed by atoms with Crippen molar-refractivity contribution in [2.24, 2.45) is 0 Å². The quantitative estimate of drug-likeness (QED) is 0.650. The molecule has 1 aromatic carbocycles. The van der Waals surface area contributed by atoms with E-state index in [1.54, 1.807) is 35.1 Å². The Balaban J connectivity index is 1.56. The third-order valence-corrected chi connectivity index (χ3v) is 4.17. The molecule has 0 aliphatic rings. The van der Waals surface area contributed by atoms with E-state index >= 15 is 0 Å². The second kappa shape index (κ2) is 8.09. The number of nitrogens with one attached hydrogen (secondary N) is 2. The summed E-state index contributed by atoms with van der Waals surface area (Å²) < 4.78 is 17.3. The first kappa shape index (κ1) is 18.1. The summed E-state index contributed by atoms with van der Waals surface area (Å²) >= 11 is 5.34. The van der Waals surface area contributed by atoms with Gasteiger partial charge in [0.05, 0.1) is 18.3 Å². The molecule has 1 unspecified atom stereocenters. The van der Waals surface area contributed by atoms with Crippen molar-refractivity contribution in [3.63, 3.8) is 0 Å². The molecule has 2 aromatic heterocycles. The van der Waals surface area contributed by atoms with Gasteiger partial charge in [0.1, 0.15) is 5.82 Å². The van der Waals surface area contributed by atoms with Crippen LogP contribution in [0.15, 0.2) is 48.8 Å². The molecule has 0 bridgehead atoms. The van der Waals surface area contributed by atoms with Crippen molar-refractivity contribution >= 4 is 23.1 Å². The molecule has 3 aromatic rings. The van der Waals surface area contributed by atoms with Crippen LogP contribution in [0.3, 0.4) is 0 Å². The van der Waals surface area contributed by atoms with Crippen molar-refractivity contribution in [1.82, 2.24) is 24.9 Å². The van der Waals surface area contributed by atoms with Gasteiger partial charge in [-0.15, -0.1) is 0 Å². The smallest absolute Gasteiger partial charge is 0.172 e. The van der Waals surface area contributed by atoms with Crippen LogP contribution < -0.4 is 10.6 Å². The van der Waals surface area contributed by atoms with Crippen LogP contribution in [0.5, 0.6) is 0 Å². The molecular weight excluding hydrogens is 351 g/mol. The number of aryl methyl sites for hydroxylation is 1. The monoisotopic (exact) mass is 372 g/mol. The Bertz CT molecular complexity index is 887. The van der Waals surface area contributed by atoms with Gasteiger partial charge in [-0.2, -0.15) is 10.2 Å². The standard InChI is InChI=1S/C18H21FN6S/c1-3-24-10-8-16(22-24)13(2)20-18(26)21-17-9-11-25(23-17)12-14-6-4-5-7-15(14)19/h4-11,13H,3,12H2,1-2H3,(H2,20,21,23,26). The van der Waals surface area contributed by atoms with E-state index in [1.165, 1.54) is 6.07 Å². The molecule has 2 N–H and O–H groups in total. The van der Waals surface area contributed by atoms with Gasteiger partial charge in [0, 0.05) is 30.6 Å². The molecule has 136 valence electrons. The van der Waals surface area contributed by atoms with Gasteiger partial charge in [-0.05, 0) is 38.2 Å². The van der Waals surface area contributed by atoms with Crippen molar-refractivity contribution in [2.75, 3.05) is 5.32 Å². The largest absolute Gasteiger partial charge is 0.354 e. The zero-order chi connectivity index (χ0) is 18.5. The fourth-order valence-electron chi connectivity index (χ4n) is 2.53. The molecular formula is C18H21FN6S. The number of benzene rings is 1. The van der Waals surface area contributed by atoms with Crippen LogP contribution in [-0.2, 0) is 13.1 Å². The molecule has 8 heteroatoms. The second-order valence-electron chi connectivity index (χ2n) is 5.91. The van der Waals surface area contributed by atoms with E-state index in [0.717, 1.165) is 12.2 Å². The number of anilines is 1. The summed E-state index contributed by atoms with van der Waals surface area (Å²) in [5, 5.41) is 15.5. The Hall–Kier alpha value is -2.74. The fraction of sp³-hybridized carbons (Fsp3) is 0.278. The van der Waals surface area contributed by atoms with E-state index in [0.29, 0.717) is 23.0 Å². The fourth-order valence-corrected chi connectivity index (χ4v) is 2.81. The van der Waals surface area contributed by atoms with Crippen LogP contribution in [0.4, 0.5) is 10.2 Å². The average molecular weight is 372 g/mol. The Morgan fingerprint density at radius 1 is 1.15 bits per heavy atom. The first-order chi connectivity index (χ1) is 12.5. The molecule has 0 amide bonds. The van der Waals surface area contributed by atoms with Gasteiger partial charge in [-0.25, -0.2) is 4.39 Å². The Labute approximate surface area is 157 Å². The highest BCUT2D eigenvalue weighted by atomic mass is 32.1. The van der Waals surface area contributed by atoms with Gasteiger partial charge in [-0.3, -0.25) is 9.36 Å². The molecule has 0 spiro atoms. The highest BCUT2D eigenvalue weighted by Gasteiger charge is 2.11. The lowest BCUT2D eigenvalue weighted by Crippen LogP contribution is -2.31. The van der Waals surface area contributed by atoms with Crippen LogP contribution in [-0.4, -0.2) is 24.7 Å². The summed E-state index contributed by atoms with van der Waals surface area (Å²) in [7, 11) is 0. The average Bonchev–Trinajstić information content (AvgIpc) is 3.26. The molecule has 1 atom stereocenters. The van der Waals surface area contributed by atoms with Gasteiger partial charge in [-0.1, -0.05) is 18.2 Å². The minimum Gasteiger partial charge on any atom is -0.354 e. The third kappa shape index (κ3) is 4.45. The summed E-state index contributed by atoms with van der Waals surface area (Å²) in [6, 6.07) is 10.4. The molecule has 0 fully saturated rings. The number of aromatic nitrogens is 4. The van der Waals surface area contributed by atoms with E-state index in [-0.39, 0.29) is 11.9 Å². The maximum absolute atomic E-state index is 13.7. The zero-order valence-corrected chi connectivity index (χ0v) is 15.5.